The van der Waals surface area contributed by atoms with E-state index in [1.807, 2.05) is 0 Å². The first-order valence-electron chi connectivity index (χ1n) is 7.68. The Kier molecular flexibility index (Phi) is 4.70. The number of fused-ring (bicyclic) bond motifs is 1. The Hall–Kier alpha value is -3.61. The molecule has 2 aromatic carbocycles. The number of methoxy groups -OCH3 is 1. The van der Waals surface area contributed by atoms with Crippen molar-refractivity contribution in [1.82, 2.24) is 0 Å². The van der Waals surface area contributed by atoms with Crippen LogP contribution in [-0.4, -0.2) is 29.9 Å². The van der Waals surface area contributed by atoms with E-state index in [2.05, 4.69) is 5.32 Å². The van der Waals surface area contributed by atoms with E-state index in [1.54, 1.807) is 36.4 Å². The van der Waals surface area contributed by atoms with Crippen LogP contribution in [-0.2, 0) is 16.1 Å². The highest BCUT2D eigenvalue weighted by molar-refractivity contribution is 6.09. The van der Waals surface area contributed by atoms with E-state index in [0.29, 0.717) is 28.1 Å². The number of carboxylic acid groups (broad SMARTS) is 1. The smallest absolute Gasteiger partial charge is 0.352 e. The maximum atomic E-state index is 12.3. The minimum absolute atomic E-state index is 0.137. The van der Waals surface area contributed by atoms with Crippen molar-refractivity contribution in [2.45, 2.75) is 6.61 Å². The summed E-state index contributed by atoms with van der Waals surface area (Å²) in [7, 11) is 1.48. The highest BCUT2D eigenvalue weighted by Gasteiger charge is 2.21. The standard InChI is InChI=1S/C19H15NO6/c1-25-14-4-2-3-11(8-14)17(21)9-16(18(22)23)20-13-5-6-15-12(7-13)10-26-19(15)24/h2-9,20H,10H2,1H3,(H,22,23)/b16-9-. The number of hydrogen-bond acceptors (Lipinski definition) is 6. The number of anilines is 1. The van der Waals surface area contributed by atoms with Gasteiger partial charge in [-0.15, -0.1) is 0 Å². The number of carbonyl (C=O) groups is 3. The maximum Gasteiger partial charge on any atom is 0.352 e. The van der Waals surface area contributed by atoms with Gasteiger partial charge < -0.3 is 19.9 Å². The molecule has 1 aliphatic heterocycles. The van der Waals surface area contributed by atoms with Crippen LogP contribution in [0, 0.1) is 0 Å². The van der Waals surface area contributed by atoms with Crippen LogP contribution in [0.25, 0.3) is 0 Å². The van der Waals surface area contributed by atoms with Crippen LogP contribution in [0.1, 0.15) is 26.3 Å². The molecule has 7 heteroatoms. The van der Waals surface area contributed by atoms with Crippen molar-refractivity contribution in [1.29, 1.82) is 0 Å². The molecule has 3 rings (SSSR count). The van der Waals surface area contributed by atoms with Gasteiger partial charge in [-0.1, -0.05) is 12.1 Å². The topological polar surface area (TPSA) is 102 Å². The van der Waals surface area contributed by atoms with Gasteiger partial charge in [0.05, 0.1) is 12.7 Å². The van der Waals surface area contributed by atoms with E-state index in [-0.39, 0.29) is 12.3 Å². The van der Waals surface area contributed by atoms with Crippen LogP contribution in [0.15, 0.2) is 54.2 Å². The summed E-state index contributed by atoms with van der Waals surface area (Å²) in [6.07, 6.45) is 1.01. The fourth-order valence-corrected chi connectivity index (χ4v) is 2.51. The van der Waals surface area contributed by atoms with E-state index in [4.69, 9.17) is 9.47 Å². The van der Waals surface area contributed by atoms with Crippen molar-refractivity contribution in [3.05, 3.63) is 70.9 Å². The molecule has 0 saturated carbocycles. The quantitative estimate of drug-likeness (QED) is 0.467. The van der Waals surface area contributed by atoms with Crippen LogP contribution >= 0.6 is 0 Å². The summed E-state index contributed by atoms with van der Waals surface area (Å²) in [5, 5.41) is 12.1. The van der Waals surface area contributed by atoms with Crippen molar-refractivity contribution in [3.8, 4) is 5.75 Å². The van der Waals surface area contributed by atoms with E-state index in [9.17, 15) is 19.5 Å². The third kappa shape index (κ3) is 3.56. The molecule has 0 bridgehead atoms. The first kappa shape index (κ1) is 17.2. The number of carbonyl (C=O) groups excluding carboxylic acids is 2. The van der Waals surface area contributed by atoms with Crippen LogP contribution in [0.2, 0.25) is 0 Å². The number of ketones is 1. The first-order chi connectivity index (χ1) is 12.5. The van der Waals surface area contributed by atoms with Crippen molar-refractivity contribution in [2.75, 3.05) is 12.4 Å². The molecular formula is C19H15NO6. The van der Waals surface area contributed by atoms with Gasteiger partial charge in [0.25, 0.3) is 0 Å². The van der Waals surface area contributed by atoms with Gasteiger partial charge in [0.15, 0.2) is 5.78 Å². The molecule has 0 saturated heterocycles. The molecule has 0 aliphatic carbocycles. The van der Waals surface area contributed by atoms with Crippen LogP contribution in [0.4, 0.5) is 5.69 Å². The monoisotopic (exact) mass is 353 g/mol. The predicted octanol–water partition coefficient (Wildman–Crippen LogP) is 2.63. The molecule has 0 amide bonds. The summed E-state index contributed by atoms with van der Waals surface area (Å²) in [6.45, 7) is 0.137. The van der Waals surface area contributed by atoms with Crippen LogP contribution < -0.4 is 10.1 Å². The number of benzene rings is 2. The van der Waals surface area contributed by atoms with Gasteiger partial charge in [-0.3, -0.25) is 4.79 Å². The second kappa shape index (κ2) is 7.10. The number of allylic oxidation sites excluding steroid dienone is 1. The maximum absolute atomic E-state index is 12.3. The molecule has 1 heterocycles. The zero-order chi connectivity index (χ0) is 18.7. The number of aliphatic carboxylic acids is 1. The molecule has 0 spiro atoms. The lowest BCUT2D eigenvalue weighted by Gasteiger charge is -2.08. The highest BCUT2D eigenvalue weighted by Crippen LogP contribution is 2.24. The first-order valence-corrected chi connectivity index (χ1v) is 7.68. The lowest BCUT2D eigenvalue weighted by atomic mass is 10.1. The Morgan fingerprint density at radius 1 is 1.23 bits per heavy atom. The zero-order valence-electron chi connectivity index (χ0n) is 13.8. The summed E-state index contributed by atoms with van der Waals surface area (Å²) >= 11 is 0. The molecule has 2 aromatic rings. The Morgan fingerprint density at radius 3 is 2.77 bits per heavy atom. The largest absolute Gasteiger partial charge is 0.497 e. The third-order valence-corrected chi connectivity index (χ3v) is 3.82. The lowest BCUT2D eigenvalue weighted by molar-refractivity contribution is -0.132. The van der Waals surface area contributed by atoms with E-state index >= 15 is 0 Å². The van der Waals surface area contributed by atoms with Crippen LogP contribution in [0.5, 0.6) is 5.75 Å². The van der Waals surface area contributed by atoms with E-state index in [0.717, 1.165) is 6.08 Å². The minimum atomic E-state index is -1.28. The fraction of sp³-hybridized carbons (Fsp3) is 0.105. The van der Waals surface area contributed by atoms with E-state index < -0.39 is 17.7 Å². The molecule has 0 radical (unpaired) electrons. The SMILES string of the molecule is COc1cccc(C(=O)/C=C(\Nc2ccc3c(c2)COC3=O)C(=O)O)c1. The van der Waals surface area contributed by atoms with Gasteiger partial charge in [-0.2, -0.15) is 0 Å². The molecule has 0 fully saturated rings. The van der Waals surface area contributed by atoms with Crippen molar-refractivity contribution in [3.63, 3.8) is 0 Å². The number of nitrogens with one attached hydrogen (secondary N) is 1. The van der Waals surface area contributed by atoms with Gasteiger partial charge in [-0.05, 0) is 30.3 Å². The zero-order valence-corrected chi connectivity index (χ0v) is 13.8. The van der Waals surface area contributed by atoms with Gasteiger partial charge in [0.1, 0.15) is 18.1 Å². The lowest BCUT2D eigenvalue weighted by Crippen LogP contribution is -2.13. The molecule has 0 aromatic heterocycles. The fourth-order valence-electron chi connectivity index (χ4n) is 2.51. The summed E-state index contributed by atoms with van der Waals surface area (Å²) in [4.78, 5) is 35.3. The average Bonchev–Trinajstić information content (AvgIpc) is 3.01. The summed E-state index contributed by atoms with van der Waals surface area (Å²) in [5.41, 5.74) is 1.56. The number of ether oxygens (including phenoxy) is 2. The van der Waals surface area contributed by atoms with E-state index in [1.165, 1.54) is 13.2 Å². The van der Waals surface area contributed by atoms with Crippen molar-refractivity contribution in [2.24, 2.45) is 0 Å². The third-order valence-electron chi connectivity index (χ3n) is 3.82. The number of rotatable bonds is 6. The molecular weight excluding hydrogens is 338 g/mol. The van der Waals surface area contributed by atoms with Crippen molar-refractivity contribution >= 4 is 23.4 Å². The Labute approximate surface area is 148 Å². The summed E-state index contributed by atoms with van der Waals surface area (Å²) < 4.78 is 9.97. The normalized spacial score (nSPS) is 13.0. The van der Waals surface area contributed by atoms with Crippen LogP contribution in [0.3, 0.4) is 0 Å². The summed E-state index contributed by atoms with van der Waals surface area (Å²) in [6, 6.07) is 11.1. The van der Waals surface area contributed by atoms with Gasteiger partial charge in [0, 0.05) is 22.9 Å². The van der Waals surface area contributed by atoms with Crippen molar-refractivity contribution < 1.29 is 29.0 Å². The second-order valence-electron chi connectivity index (χ2n) is 5.53. The Bertz CT molecular complexity index is 931. The molecule has 1 aliphatic rings. The molecule has 0 atom stereocenters. The highest BCUT2D eigenvalue weighted by atomic mass is 16.5. The molecule has 7 nitrogen and oxygen atoms in total. The summed E-state index contributed by atoms with van der Waals surface area (Å²) in [5.74, 6) is -1.67. The number of hydrogen-bond donors (Lipinski definition) is 2. The van der Waals surface area contributed by atoms with Gasteiger partial charge in [0.2, 0.25) is 0 Å². The molecule has 2 N–H and O–H groups in total. The Morgan fingerprint density at radius 2 is 2.04 bits per heavy atom. The molecule has 26 heavy (non-hydrogen) atoms. The second-order valence-corrected chi connectivity index (χ2v) is 5.53. The number of esters is 1. The Balaban J connectivity index is 1.85. The predicted molar refractivity (Wildman–Crippen MR) is 92.2 cm³/mol. The average molecular weight is 353 g/mol. The minimum Gasteiger partial charge on any atom is -0.497 e. The number of cyclic esters (lactones) is 1. The molecule has 132 valence electrons. The van der Waals surface area contributed by atoms with Gasteiger partial charge >= 0.3 is 11.9 Å². The molecule has 0 unspecified atom stereocenters. The number of carboxylic acids is 1. The van der Waals surface area contributed by atoms with Gasteiger partial charge in [-0.25, -0.2) is 9.59 Å².